The summed E-state index contributed by atoms with van der Waals surface area (Å²) in [5, 5.41) is 6.49. The molecule has 0 aliphatic heterocycles. The molecule has 4 nitrogen and oxygen atoms in total. The van der Waals surface area contributed by atoms with E-state index in [4.69, 9.17) is 4.74 Å². The smallest absolute Gasteiger partial charge is 0.407 e. The predicted molar refractivity (Wildman–Crippen MR) is 89.5 cm³/mol. The first-order valence-electron chi connectivity index (χ1n) is 8.24. The SMILES string of the molecule is CC(C)CCC(C)NC(CNC(=O)OC(C)(C)C)C(C)C. The molecular weight excluding hydrogens is 264 g/mol. The molecule has 0 saturated heterocycles. The first-order chi connectivity index (χ1) is 9.51. The van der Waals surface area contributed by atoms with Gasteiger partial charge in [-0.05, 0) is 52.4 Å². The number of nitrogens with one attached hydrogen (secondary N) is 2. The molecule has 2 atom stereocenters. The lowest BCUT2D eigenvalue weighted by Crippen LogP contribution is -2.48. The second-order valence-corrected chi connectivity index (χ2v) is 7.77. The molecule has 21 heavy (non-hydrogen) atoms. The average Bonchev–Trinajstić information content (AvgIpc) is 2.29. The monoisotopic (exact) mass is 300 g/mol. The van der Waals surface area contributed by atoms with Gasteiger partial charge in [-0.15, -0.1) is 0 Å². The summed E-state index contributed by atoms with van der Waals surface area (Å²) >= 11 is 0. The fourth-order valence-corrected chi connectivity index (χ4v) is 2.03. The molecule has 1 amide bonds. The molecule has 0 saturated carbocycles. The predicted octanol–water partition coefficient (Wildman–Crippen LogP) is 3.95. The maximum Gasteiger partial charge on any atom is 0.407 e. The van der Waals surface area contributed by atoms with Gasteiger partial charge in [0.1, 0.15) is 5.60 Å². The number of hydrogen-bond acceptors (Lipinski definition) is 3. The van der Waals surface area contributed by atoms with E-state index < -0.39 is 5.60 Å². The Morgan fingerprint density at radius 3 is 2.05 bits per heavy atom. The lowest BCUT2D eigenvalue weighted by Gasteiger charge is -2.28. The lowest BCUT2D eigenvalue weighted by atomic mass is 10.00. The Hall–Kier alpha value is -0.770. The molecule has 0 bridgehead atoms. The van der Waals surface area contributed by atoms with E-state index in [0.717, 1.165) is 12.3 Å². The summed E-state index contributed by atoms with van der Waals surface area (Å²) in [4.78, 5) is 11.7. The summed E-state index contributed by atoms with van der Waals surface area (Å²) in [5.74, 6) is 1.19. The van der Waals surface area contributed by atoms with Crippen LogP contribution >= 0.6 is 0 Å². The van der Waals surface area contributed by atoms with Crippen LogP contribution in [0.4, 0.5) is 4.79 Å². The highest BCUT2D eigenvalue weighted by atomic mass is 16.6. The number of hydrogen-bond donors (Lipinski definition) is 2. The second kappa shape index (κ2) is 9.29. The Balaban J connectivity index is 4.22. The van der Waals surface area contributed by atoms with Crippen molar-refractivity contribution in [2.45, 2.75) is 85.9 Å². The van der Waals surface area contributed by atoms with Crippen molar-refractivity contribution in [3.05, 3.63) is 0 Å². The summed E-state index contributed by atoms with van der Waals surface area (Å²) in [6.07, 6.45) is 2.04. The first-order valence-corrected chi connectivity index (χ1v) is 8.24. The lowest BCUT2D eigenvalue weighted by molar-refractivity contribution is 0.0518. The van der Waals surface area contributed by atoms with Crippen LogP contribution in [-0.4, -0.2) is 30.3 Å². The normalized spacial score (nSPS) is 15.1. The van der Waals surface area contributed by atoms with Gasteiger partial charge in [0.25, 0.3) is 0 Å². The molecule has 0 spiro atoms. The van der Waals surface area contributed by atoms with Gasteiger partial charge < -0.3 is 15.4 Å². The van der Waals surface area contributed by atoms with Crippen LogP contribution in [0.25, 0.3) is 0 Å². The maximum atomic E-state index is 11.7. The van der Waals surface area contributed by atoms with E-state index in [0.29, 0.717) is 18.5 Å². The van der Waals surface area contributed by atoms with Gasteiger partial charge in [-0.1, -0.05) is 27.7 Å². The largest absolute Gasteiger partial charge is 0.444 e. The van der Waals surface area contributed by atoms with Crippen LogP contribution in [0, 0.1) is 11.8 Å². The standard InChI is InChI=1S/C17H36N2O2/c1-12(2)9-10-14(5)19-15(13(3)4)11-18-16(20)21-17(6,7)8/h12-15,19H,9-11H2,1-8H3,(H,18,20). The van der Waals surface area contributed by atoms with Crippen LogP contribution in [0.3, 0.4) is 0 Å². The van der Waals surface area contributed by atoms with Gasteiger partial charge in [-0.25, -0.2) is 4.79 Å². The second-order valence-electron chi connectivity index (χ2n) is 7.77. The van der Waals surface area contributed by atoms with Crippen LogP contribution < -0.4 is 10.6 Å². The Morgan fingerprint density at radius 1 is 1.05 bits per heavy atom. The molecular formula is C17H36N2O2. The van der Waals surface area contributed by atoms with Crippen molar-refractivity contribution >= 4 is 6.09 Å². The number of rotatable bonds is 8. The van der Waals surface area contributed by atoms with Gasteiger partial charge in [-0.2, -0.15) is 0 Å². The Bertz CT molecular complexity index is 296. The van der Waals surface area contributed by atoms with Gasteiger partial charge in [0.15, 0.2) is 0 Å². The molecule has 2 unspecified atom stereocenters. The van der Waals surface area contributed by atoms with Gasteiger partial charge in [-0.3, -0.25) is 0 Å². The minimum Gasteiger partial charge on any atom is -0.444 e. The number of amides is 1. The Labute approximate surface area is 131 Å². The van der Waals surface area contributed by atoms with Crippen LogP contribution in [0.1, 0.15) is 68.2 Å². The summed E-state index contributed by atoms with van der Waals surface area (Å²) in [5.41, 5.74) is -0.449. The van der Waals surface area contributed by atoms with E-state index in [9.17, 15) is 4.79 Å². The number of ether oxygens (including phenoxy) is 1. The number of carbonyl (C=O) groups is 1. The molecule has 4 heteroatoms. The highest BCUT2D eigenvalue weighted by Gasteiger charge is 2.20. The zero-order valence-electron chi connectivity index (χ0n) is 15.2. The summed E-state index contributed by atoms with van der Waals surface area (Å²) in [7, 11) is 0. The zero-order chi connectivity index (χ0) is 16.6. The molecule has 0 fully saturated rings. The molecule has 0 aromatic rings. The van der Waals surface area contributed by atoms with E-state index in [-0.39, 0.29) is 12.1 Å². The molecule has 0 radical (unpaired) electrons. The molecule has 2 N–H and O–H groups in total. The highest BCUT2D eigenvalue weighted by Crippen LogP contribution is 2.10. The van der Waals surface area contributed by atoms with Crippen LogP contribution in [0.5, 0.6) is 0 Å². The quantitative estimate of drug-likeness (QED) is 0.713. The molecule has 0 aliphatic carbocycles. The molecule has 0 aliphatic rings. The van der Waals surface area contributed by atoms with Gasteiger partial charge in [0, 0.05) is 18.6 Å². The van der Waals surface area contributed by atoms with Crippen molar-refractivity contribution in [3.63, 3.8) is 0 Å². The topological polar surface area (TPSA) is 50.4 Å². The van der Waals surface area contributed by atoms with Gasteiger partial charge in [0.05, 0.1) is 0 Å². The van der Waals surface area contributed by atoms with Crippen LogP contribution in [0.15, 0.2) is 0 Å². The van der Waals surface area contributed by atoms with Crippen molar-refractivity contribution in [2.24, 2.45) is 11.8 Å². The fraction of sp³-hybridized carbons (Fsp3) is 0.941. The molecule has 126 valence electrons. The van der Waals surface area contributed by atoms with Crippen molar-refractivity contribution in [2.75, 3.05) is 6.54 Å². The number of alkyl carbamates (subject to hydrolysis) is 1. The molecule has 0 aromatic heterocycles. The summed E-state index contributed by atoms with van der Waals surface area (Å²) in [6, 6.07) is 0.722. The Kier molecular flexibility index (Phi) is 8.95. The molecule has 0 aromatic carbocycles. The number of carbonyl (C=O) groups excluding carboxylic acids is 1. The van der Waals surface area contributed by atoms with Crippen molar-refractivity contribution < 1.29 is 9.53 Å². The molecule has 0 rings (SSSR count). The van der Waals surface area contributed by atoms with E-state index in [2.05, 4.69) is 45.3 Å². The van der Waals surface area contributed by atoms with Crippen molar-refractivity contribution in [1.82, 2.24) is 10.6 Å². The maximum absolute atomic E-state index is 11.7. The minimum absolute atomic E-state index is 0.264. The minimum atomic E-state index is -0.449. The fourth-order valence-electron chi connectivity index (χ4n) is 2.03. The highest BCUT2D eigenvalue weighted by molar-refractivity contribution is 5.67. The summed E-state index contributed by atoms with van der Waals surface area (Å²) < 4.78 is 5.27. The first kappa shape index (κ1) is 20.2. The van der Waals surface area contributed by atoms with Crippen LogP contribution in [0.2, 0.25) is 0 Å². The zero-order valence-corrected chi connectivity index (χ0v) is 15.2. The van der Waals surface area contributed by atoms with Gasteiger partial charge >= 0.3 is 6.09 Å². The van der Waals surface area contributed by atoms with Crippen molar-refractivity contribution in [3.8, 4) is 0 Å². The van der Waals surface area contributed by atoms with E-state index >= 15 is 0 Å². The summed E-state index contributed by atoms with van der Waals surface area (Å²) in [6.45, 7) is 17.3. The van der Waals surface area contributed by atoms with E-state index in [1.807, 2.05) is 20.8 Å². The third kappa shape index (κ3) is 11.6. The third-order valence-corrected chi connectivity index (χ3v) is 3.35. The van der Waals surface area contributed by atoms with E-state index in [1.54, 1.807) is 0 Å². The van der Waals surface area contributed by atoms with Crippen LogP contribution in [-0.2, 0) is 4.74 Å². The van der Waals surface area contributed by atoms with Crippen molar-refractivity contribution in [1.29, 1.82) is 0 Å². The average molecular weight is 300 g/mol. The van der Waals surface area contributed by atoms with Gasteiger partial charge in [0.2, 0.25) is 0 Å². The third-order valence-electron chi connectivity index (χ3n) is 3.35. The van der Waals surface area contributed by atoms with E-state index in [1.165, 1.54) is 6.42 Å². The Morgan fingerprint density at radius 2 is 1.62 bits per heavy atom. The molecule has 0 heterocycles.